The lowest BCUT2D eigenvalue weighted by Gasteiger charge is -2.20. The maximum Gasteiger partial charge on any atom is 0.256 e. The van der Waals surface area contributed by atoms with Gasteiger partial charge >= 0.3 is 0 Å². The molecule has 2 aliphatic rings. The zero-order valence-electron chi connectivity index (χ0n) is 13.4. The van der Waals surface area contributed by atoms with Crippen molar-refractivity contribution in [1.29, 1.82) is 0 Å². The van der Waals surface area contributed by atoms with Crippen molar-refractivity contribution in [3.63, 3.8) is 0 Å². The summed E-state index contributed by atoms with van der Waals surface area (Å²) in [7, 11) is 0. The number of nitrogens with zero attached hydrogens (tertiary/aromatic N) is 1. The number of rotatable bonds is 2. The van der Waals surface area contributed by atoms with Crippen molar-refractivity contribution in [2.75, 3.05) is 22.5 Å². The van der Waals surface area contributed by atoms with Gasteiger partial charge in [-0.2, -0.15) is 0 Å². The third kappa shape index (κ3) is 2.50. The molecule has 1 aromatic carbocycles. The number of anilines is 3. The number of nitrogens with one attached hydrogen (secondary N) is 3. The molecule has 2 aromatic rings. The van der Waals surface area contributed by atoms with E-state index in [2.05, 4.69) is 20.9 Å². The molecule has 0 bridgehead atoms. The summed E-state index contributed by atoms with van der Waals surface area (Å²) in [4.78, 5) is 28.5. The van der Waals surface area contributed by atoms with E-state index in [4.69, 9.17) is 0 Å². The van der Waals surface area contributed by atoms with Gasteiger partial charge in [0, 0.05) is 41.7 Å². The molecule has 3 heterocycles. The average molecular weight is 322 g/mol. The van der Waals surface area contributed by atoms with Gasteiger partial charge < -0.3 is 16.0 Å². The molecule has 0 atom stereocenters. The average Bonchev–Trinajstić information content (AvgIpc) is 3.04. The van der Waals surface area contributed by atoms with Crippen molar-refractivity contribution >= 4 is 29.0 Å². The van der Waals surface area contributed by atoms with E-state index in [0.29, 0.717) is 18.4 Å². The number of carbonyl (C=O) groups is 2. The lowest BCUT2D eigenvalue weighted by atomic mass is 9.98. The fourth-order valence-corrected chi connectivity index (χ4v) is 3.37. The Labute approximate surface area is 139 Å². The Morgan fingerprint density at radius 2 is 2.12 bits per heavy atom. The number of aryl methyl sites for hydroxylation is 2. The molecule has 2 amide bonds. The summed E-state index contributed by atoms with van der Waals surface area (Å²) in [5, 5.41) is 9.07. The molecule has 0 spiro atoms. The second-order valence-electron chi connectivity index (χ2n) is 6.19. The first-order chi connectivity index (χ1) is 11.6. The van der Waals surface area contributed by atoms with Crippen molar-refractivity contribution in [2.24, 2.45) is 0 Å². The van der Waals surface area contributed by atoms with Crippen LogP contribution in [0.5, 0.6) is 0 Å². The fraction of sp³-hybridized carbons (Fsp3) is 0.278. The maximum atomic E-state index is 12.7. The van der Waals surface area contributed by atoms with Crippen LogP contribution >= 0.6 is 0 Å². The summed E-state index contributed by atoms with van der Waals surface area (Å²) < 4.78 is 0. The molecule has 0 fully saturated rings. The maximum absolute atomic E-state index is 12.7. The highest BCUT2D eigenvalue weighted by Crippen LogP contribution is 2.30. The molecular weight excluding hydrogens is 304 g/mol. The van der Waals surface area contributed by atoms with Gasteiger partial charge in [0.05, 0.1) is 0 Å². The number of hydrogen-bond acceptors (Lipinski definition) is 4. The van der Waals surface area contributed by atoms with Crippen LogP contribution in [0.4, 0.5) is 17.2 Å². The van der Waals surface area contributed by atoms with Gasteiger partial charge in [-0.05, 0) is 49.1 Å². The second-order valence-corrected chi connectivity index (χ2v) is 6.19. The van der Waals surface area contributed by atoms with Gasteiger partial charge in [-0.1, -0.05) is 0 Å². The second kappa shape index (κ2) is 5.63. The van der Waals surface area contributed by atoms with Crippen molar-refractivity contribution in [2.45, 2.75) is 26.2 Å². The molecule has 1 aromatic heterocycles. The van der Waals surface area contributed by atoms with Crippen LogP contribution in [0.15, 0.2) is 24.4 Å². The van der Waals surface area contributed by atoms with Gasteiger partial charge in [0.2, 0.25) is 5.91 Å². The highest BCUT2D eigenvalue weighted by molar-refractivity contribution is 6.06. The summed E-state index contributed by atoms with van der Waals surface area (Å²) in [5.41, 5.74) is 5.27. The van der Waals surface area contributed by atoms with Gasteiger partial charge in [-0.25, -0.2) is 4.98 Å². The lowest BCUT2D eigenvalue weighted by molar-refractivity contribution is -0.116. The first-order valence-corrected chi connectivity index (χ1v) is 8.08. The molecule has 3 N–H and O–H groups in total. The molecular formula is C18H18N4O2. The third-order valence-electron chi connectivity index (χ3n) is 4.53. The molecule has 2 aliphatic heterocycles. The molecule has 24 heavy (non-hydrogen) atoms. The van der Waals surface area contributed by atoms with Crippen molar-refractivity contribution in [3.05, 3.63) is 46.6 Å². The van der Waals surface area contributed by atoms with Gasteiger partial charge in [0.1, 0.15) is 5.82 Å². The van der Waals surface area contributed by atoms with E-state index in [1.165, 1.54) is 0 Å². The van der Waals surface area contributed by atoms with E-state index in [9.17, 15) is 9.59 Å². The van der Waals surface area contributed by atoms with Gasteiger partial charge in [-0.15, -0.1) is 0 Å². The SMILES string of the molecule is Cc1cc(NC(=O)c2ccnc3c2CCN3)cc2c1NC(=O)CC2. The Balaban J connectivity index is 1.62. The Morgan fingerprint density at radius 1 is 1.25 bits per heavy atom. The highest BCUT2D eigenvalue weighted by atomic mass is 16.2. The number of pyridine rings is 1. The first-order valence-electron chi connectivity index (χ1n) is 8.08. The number of aromatic nitrogens is 1. The Bertz CT molecular complexity index is 860. The van der Waals surface area contributed by atoms with Crippen LogP contribution in [0.1, 0.15) is 33.5 Å². The Hall–Kier alpha value is -2.89. The molecule has 0 saturated heterocycles. The number of hydrogen-bond donors (Lipinski definition) is 3. The minimum absolute atomic E-state index is 0.0437. The molecule has 0 unspecified atom stereocenters. The Morgan fingerprint density at radius 3 is 3.00 bits per heavy atom. The molecule has 122 valence electrons. The highest BCUT2D eigenvalue weighted by Gasteiger charge is 2.21. The van der Waals surface area contributed by atoms with E-state index in [-0.39, 0.29) is 11.8 Å². The van der Waals surface area contributed by atoms with E-state index < -0.39 is 0 Å². The fourth-order valence-electron chi connectivity index (χ4n) is 3.37. The van der Waals surface area contributed by atoms with Crippen molar-refractivity contribution in [1.82, 2.24) is 4.98 Å². The smallest absolute Gasteiger partial charge is 0.256 e. The zero-order valence-corrected chi connectivity index (χ0v) is 13.4. The molecule has 0 radical (unpaired) electrons. The molecule has 4 rings (SSSR count). The van der Waals surface area contributed by atoms with Gasteiger partial charge in [0.15, 0.2) is 0 Å². The van der Waals surface area contributed by atoms with Crippen molar-refractivity contribution in [3.8, 4) is 0 Å². The summed E-state index contributed by atoms with van der Waals surface area (Å²) in [6, 6.07) is 5.59. The quantitative estimate of drug-likeness (QED) is 0.793. The van der Waals surface area contributed by atoms with E-state index in [0.717, 1.165) is 46.8 Å². The number of fused-ring (bicyclic) bond motifs is 2. The molecule has 0 aliphatic carbocycles. The summed E-state index contributed by atoms with van der Waals surface area (Å²) >= 11 is 0. The van der Waals surface area contributed by atoms with Crippen molar-refractivity contribution < 1.29 is 9.59 Å². The molecule has 6 heteroatoms. The van der Waals surface area contributed by atoms with Crippen LogP contribution in [0.3, 0.4) is 0 Å². The Kier molecular flexibility index (Phi) is 3.45. The standard InChI is InChI=1S/C18H18N4O2/c1-10-8-12(9-11-2-3-15(23)22-16(10)11)21-18(24)14-5-7-20-17-13(14)4-6-19-17/h5,7-9H,2-4,6H2,1H3,(H,19,20)(H,21,24)(H,22,23). The monoisotopic (exact) mass is 322 g/mol. The minimum atomic E-state index is -0.128. The molecule has 0 saturated carbocycles. The van der Waals surface area contributed by atoms with E-state index in [1.54, 1.807) is 12.3 Å². The van der Waals surface area contributed by atoms with Crippen LogP contribution in [0, 0.1) is 6.92 Å². The number of benzene rings is 1. The van der Waals surface area contributed by atoms with Crippen LogP contribution < -0.4 is 16.0 Å². The summed E-state index contributed by atoms with van der Waals surface area (Å²) in [5.74, 6) is 0.714. The van der Waals surface area contributed by atoms with E-state index in [1.807, 2.05) is 19.1 Å². The van der Waals surface area contributed by atoms with E-state index >= 15 is 0 Å². The summed E-state index contributed by atoms with van der Waals surface area (Å²) in [6.07, 6.45) is 3.63. The van der Waals surface area contributed by atoms with Crippen LogP contribution in [0.2, 0.25) is 0 Å². The normalized spacial score (nSPS) is 15.1. The lowest BCUT2D eigenvalue weighted by Crippen LogP contribution is -2.21. The summed E-state index contributed by atoms with van der Waals surface area (Å²) in [6.45, 7) is 2.75. The third-order valence-corrected chi connectivity index (χ3v) is 4.53. The zero-order chi connectivity index (χ0) is 16.7. The molecule has 6 nitrogen and oxygen atoms in total. The first kappa shape index (κ1) is 14.7. The van der Waals surface area contributed by atoms with Crippen LogP contribution in [-0.2, 0) is 17.6 Å². The topological polar surface area (TPSA) is 83.1 Å². The van der Waals surface area contributed by atoms with Crippen LogP contribution in [0.25, 0.3) is 0 Å². The number of carbonyl (C=O) groups excluding carboxylic acids is 2. The van der Waals surface area contributed by atoms with Crippen LogP contribution in [-0.4, -0.2) is 23.3 Å². The predicted molar refractivity (Wildman–Crippen MR) is 92.5 cm³/mol. The van der Waals surface area contributed by atoms with Gasteiger partial charge in [0.25, 0.3) is 5.91 Å². The predicted octanol–water partition coefficient (Wildman–Crippen LogP) is 2.50. The largest absolute Gasteiger partial charge is 0.369 e. The van der Waals surface area contributed by atoms with Gasteiger partial charge in [-0.3, -0.25) is 9.59 Å². The minimum Gasteiger partial charge on any atom is -0.369 e. The number of amides is 2.